The monoisotopic (exact) mass is 356 g/mol. The van der Waals surface area contributed by atoms with Crippen molar-refractivity contribution in [3.63, 3.8) is 0 Å². The number of carbonyl (C=O) groups excluding carboxylic acids is 1. The van der Waals surface area contributed by atoms with Gasteiger partial charge in [-0.15, -0.1) is 0 Å². The Labute approximate surface area is 128 Å². The van der Waals surface area contributed by atoms with Crippen molar-refractivity contribution in [1.29, 1.82) is 0 Å². The minimum absolute atomic E-state index is 0.136. The lowest BCUT2D eigenvalue weighted by atomic mass is 10.1. The topological polar surface area (TPSA) is 107 Å². The number of ether oxygens (including phenoxy) is 1. The highest BCUT2D eigenvalue weighted by Crippen LogP contribution is 2.26. The molecule has 7 nitrogen and oxygen atoms in total. The summed E-state index contributed by atoms with van der Waals surface area (Å²) in [5, 5.41) is 8.81. The van der Waals surface area contributed by atoms with Crippen molar-refractivity contribution < 1.29 is 45.2 Å². The van der Waals surface area contributed by atoms with E-state index in [9.17, 15) is 31.2 Å². The molecule has 0 aromatic heterocycles. The highest BCUT2D eigenvalue weighted by atomic mass is 32.2. The second-order valence-corrected chi connectivity index (χ2v) is 5.83. The van der Waals surface area contributed by atoms with Gasteiger partial charge in [0.05, 0.1) is 0 Å². The molecule has 0 saturated heterocycles. The summed E-state index contributed by atoms with van der Waals surface area (Å²) in [6.45, 7) is 1.16. The largest absolute Gasteiger partial charge is 0.523 e. The van der Waals surface area contributed by atoms with Crippen molar-refractivity contribution in [3.05, 3.63) is 29.8 Å². The third kappa shape index (κ3) is 5.53. The molecule has 0 aliphatic carbocycles. The summed E-state index contributed by atoms with van der Waals surface area (Å²) in [5.41, 5.74) is -5.55. The van der Waals surface area contributed by atoms with Crippen LogP contribution in [0.25, 0.3) is 0 Å². The molecule has 1 atom stereocenters. The summed E-state index contributed by atoms with van der Waals surface area (Å²) in [5.74, 6) is -2.33. The Balaban J connectivity index is 2.89. The summed E-state index contributed by atoms with van der Waals surface area (Å²) in [7, 11) is -6.04. The Hall–Kier alpha value is -2.14. The first-order valence-electron chi connectivity index (χ1n) is 5.92. The van der Waals surface area contributed by atoms with Gasteiger partial charge in [0.15, 0.2) is 6.10 Å². The molecule has 23 heavy (non-hydrogen) atoms. The number of hydrogen-bond donors (Lipinski definition) is 1. The van der Waals surface area contributed by atoms with Crippen LogP contribution < -0.4 is 4.74 Å². The van der Waals surface area contributed by atoms with Crippen molar-refractivity contribution >= 4 is 22.1 Å². The van der Waals surface area contributed by atoms with Crippen LogP contribution in [-0.2, 0) is 30.3 Å². The Bertz CT molecular complexity index is 680. The van der Waals surface area contributed by atoms with Crippen LogP contribution in [0.15, 0.2) is 24.3 Å². The number of rotatable bonds is 6. The molecule has 0 spiro atoms. The molecule has 1 unspecified atom stereocenters. The normalized spacial score (nSPS) is 13.4. The molecule has 0 aliphatic rings. The summed E-state index contributed by atoms with van der Waals surface area (Å²) in [6, 6.07) is 5.07. The first-order valence-corrected chi connectivity index (χ1v) is 7.33. The SMILES string of the molecule is CC(=O)Oc1ccc(CC(OS(=O)(=O)C(F)(F)F)C(=O)O)cc1. The number of halogens is 3. The van der Waals surface area contributed by atoms with Gasteiger partial charge >= 0.3 is 27.6 Å². The molecular formula is C12H11F3O7S. The highest BCUT2D eigenvalue weighted by molar-refractivity contribution is 7.87. The molecule has 1 rings (SSSR count). The van der Waals surface area contributed by atoms with E-state index in [-0.39, 0.29) is 11.3 Å². The molecule has 0 fully saturated rings. The van der Waals surface area contributed by atoms with E-state index in [4.69, 9.17) is 9.84 Å². The summed E-state index contributed by atoms with van der Waals surface area (Å²) in [4.78, 5) is 21.6. The number of alkyl halides is 3. The lowest BCUT2D eigenvalue weighted by molar-refractivity contribution is -0.145. The number of carboxylic acid groups (broad SMARTS) is 1. The fraction of sp³-hybridized carbons (Fsp3) is 0.333. The standard InChI is InChI=1S/C12H11F3O7S/c1-7(16)21-9-4-2-8(3-5-9)6-10(11(17)18)22-23(19,20)12(13,14)15/h2-5,10H,6H2,1H3,(H,17,18). The van der Waals surface area contributed by atoms with Crippen LogP contribution in [0, 0.1) is 0 Å². The molecule has 0 heterocycles. The lowest BCUT2D eigenvalue weighted by Crippen LogP contribution is -2.35. The Morgan fingerprint density at radius 3 is 2.13 bits per heavy atom. The van der Waals surface area contributed by atoms with Crippen molar-refractivity contribution in [2.45, 2.75) is 25.0 Å². The van der Waals surface area contributed by atoms with Gasteiger partial charge in [-0.1, -0.05) is 12.1 Å². The number of aliphatic carboxylic acids is 1. The molecule has 1 N–H and O–H groups in total. The van der Waals surface area contributed by atoms with Gasteiger partial charge in [0, 0.05) is 13.3 Å². The van der Waals surface area contributed by atoms with Gasteiger partial charge in [0.1, 0.15) is 5.75 Å². The van der Waals surface area contributed by atoms with E-state index in [2.05, 4.69) is 4.18 Å². The summed E-state index contributed by atoms with van der Waals surface area (Å²) < 4.78 is 66.8. The third-order valence-electron chi connectivity index (χ3n) is 2.41. The number of hydrogen-bond acceptors (Lipinski definition) is 6. The molecule has 11 heteroatoms. The number of carbonyl (C=O) groups is 2. The van der Waals surface area contributed by atoms with Crippen molar-refractivity contribution in [2.75, 3.05) is 0 Å². The third-order valence-corrected chi connectivity index (χ3v) is 3.46. The van der Waals surface area contributed by atoms with Gasteiger partial charge in [-0.05, 0) is 17.7 Å². The van der Waals surface area contributed by atoms with Crippen LogP contribution >= 0.6 is 0 Å². The zero-order valence-electron chi connectivity index (χ0n) is 11.5. The molecule has 0 radical (unpaired) electrons. The molecular weight excluding hydrogens is 345 g/mol. The molecule has 128 valence electrons. The van der Waals surface area contributed by atoms with Crippen molar-refractivity contribution in [3.8, 4) is 5.75 Å². The van der Waals surface area contributed by atoms with E-state index in [1.807, 2.05) is 0 Å². The molecule has 0 bridgehead atoms. The minimum atomic E-state index is -6.04. The zero-order chi connectivity index (χ0) is 17.8. The summed E-state index contributed by atoms with van der Waals surface area (Å²) in [6.07, 6.45) is -2.88. The van der Waals surface area contributed by atoms with Crippen LogP contribution in [0.3, 0.4) is 0 Å². The smallest absolute Gasteiger partial charge is 0.479 e. The second-order valence-electron chi connectivity index (χ2n) is 4.26. The number of benzene rings is 1. The van der Waals surface area contributed by atoms with Gasteiger partial charge in [0.25, 0.3) is 0 Å². The Morgan fingerprint density at radius 2 is 1.74 bits per heavy atom. The van der Waals surface area contributed by atoms with Gasteiger partial charge in [0.2, 0.25) is 0 Å². The fourth-order valence-corrected chi connectivity index (χ4v) is 2.01. The Morgan fingerprint density at radius 1 is 1.22 bits per heavy atom. The van der Waals surface area contributed by atoms with Gasteiger partial charge in [-0.2, -0.15) is 21.6 Å². The predicted octanol–water partition coefficient (Wildman–Crippen LogP) is 1.47. The fourth-order valence-electron chi connectivity index (χ4n) is 1.44. The molecule has 0 amide bonds. The van der Waals surface area contributed by atoms with Crippen molar-refractivity contribution in [2.24, 2.45) is 0 Å². The van der Waals surface area contributed by atoms with E-state index in [0.717, 1.165) is 6.92 Å². The van der Waals surface area contributed by atoms with Crippen LogP contribution in [0.1, 0.15) is 12.5 Å². The van der Waals surface area contributed by atoms with E-state index in [0.29, 0.717) is 0 Å². The van der Waals surface area contributed by atoms with Crippen LogP contribution in [0.4, 0.5) is 13.2 Å². The summed E-state index contributed by atoms with van der Waals surface area (Å²) >= 11 is 0. The molecule has 1 aromatic rings. The first-order chi connectivity index (χ1) is 10.4. The van der Waals surface area contributed by atoms with Crippen LogP contribution in [0.2, 0.25) is 0 Å². The second kappa shape index (κ2) is 6.96. The number of carboxylic acids is 1. The van der Waals surface area contributed by atoms with E-state index >= 15 is 0 Å². The average molecular weight is 356 g/mol. The minimum Gasteiger partial charge on any atom is -0.479 e. The van der Waals surface area contributed by atoms with Gasteiger partial charge in [-0.3, -0.25) is 4.79 Å². The number of esters is 1. The van der Waals surface area contributed by atoms with Gasteiger partial charge < -0.3 is 9.84 Å². The molecule has 0 saturated carbocycles. The van der Waals surface area contributed by atoms with E-state index in [1.54, 1.807) is 0 Å². The maximum atomic E-state index is 12.2. The highest BCUT2D eigenvalue weighted by Gasteiger charge is 2.49. The predicted molar refractivity (Wildman–Crippen MR) is 68.9 cm³/mol. The van der Waals surface area contributed by atoms with E-state index < -0.39 is 40.1 Å². The lowest BCUT2D eigenvalue weighted by Gasteiger charge is -2.15. The van der Waals surface area contributed by atoms with Crippen LogP contribution in [-0.4, -0.2) is 37.1 Å². The maximum Gasteiger partial charge on any atom is 0.523 e. The average Bonchev–Trinajstić information content (AvgIpc) is 2.37. The van der Waals surface area contributed by atoms with E-state index in [1.165, 1.54) is 24.3 Å². The first kappa shape index (κ1) is 18.9. The molecule has 1 aromatic carbocycles. The van der Waals surface area contributed by atoms with Crippen LogP contribution in [0.5, 0.6) is 5.75 Å². The molecule has 0 aliphatic heterocycles. The zero-order valence-corrected chi connectivity index (χ0v) is 12.3. The van der Waals surface area contributed by atoms with Crippen molar-refractivity contribution in [1.82, 2.24) is 0 Å². The quantitative estimate of drug-likeness (QED) is 0.356. The van der Waals surface area contributed by atoms with Gasteiger partial charge in [-0.25, -0.2) is 8.98 Å². The maximum absolute atomic E-state index is 12.2. The Kier molecular flexibility index (Phi) is 5.72.